The van der Waals surface area contributed by atoms with Gasteiger partial charge in [0.25, 0.3) is 0 Å². The molecule has 8 heteroatoms. The van der Waals surface area contributed by atoms with Gasteiger partial charge in [0.05, 0.1) is 12.3 Å². The summed E-state index contributed by atoms with van der Waals surface area (Å²) >= 11 is 5.95. The van der Waals surface area contributed by atoms with Gasteiger partial charge in [-0.2, -0.15) is 0 Å². The zero-order valence-electron chi connectivity index (χ0n) is 22.2. The number of halogens is 1. The molecular weight excluding hydrogens is 466 g/mol. The minimum Gasteiger partial charge on any atom is -0.383 e. The first-order valence-corrected chi connectivity index (χ1v) is 11.8. The van der Waals surface area contributed by atoms with Crippen molar-refractivity contribution in [1.29, 1.82) is 0 Å². The molecule has 1 amide bonds. The second-order valence-electron chi connectivity index (χ2n) is 7.58. The van der Waals surface area contributed by atoms with Crippen molar-refractivity contribution in [1.82, 2.24) is 15.1 Å². The van der Waals surface area contributed by atoms with Gasteiger partial charge in [-0.05, 0) is 56.3 Å². The Morgan fingerprint density at radius 1 is 1.11 bits per heavy atom. The first-order chi connectivity index (χ1) is 16.7. The summed E-state index contributed by atoms with van der Waals surface area (Å²) in [5, 5.41) is 2.91. The second-order valence-corrected chi connectivity index (χ2v) is 8.02. The minimum absolute atomic E-state index is 0.0131. The van der Waals surface area contributed by atoms with E-state index in [-0.39, 0.29) is 5.92 Å². The molecule has 35 heavy (non-hydrogen) atoms. The Kier molecular flexibility index (Phi) is 22.4. The molecule has 0 aliphatic rings. The van der Waals surface area contributed by atoms with Crippen LogP contribution in [0.3, 0.4) is 0 Å². The predicted octanol–water partition coefficient (Wildman–Crippen LogP) is 4.45. The second kappa shape index (κ2) is 22.9. The number of rotatable bonds is 13. The van der Waals surface area contributed by atoms with Gasteiger partial charge in [-0.15, -0.1) is 0 Å². The van der Waals surface area contributed by atoms with Gasteiger partial charge < -0.3 is 24.6 Å². The zero-order valence-corrected chi connectivity index (χ0v) is 22.9. The van der Waals surface area contributed by atoms with E-state index in [9.17, 15) is 9.59 Å². The lowest BCUT2D eigenvalue weighted by Crippen LogP contribution is -2.26. The highest BCUT2D eigenvalue weighted by atomic mass is 35.5. The van der Waals surface area contributed by atoms with Crippen LogP contribution in [0, 0.1) is 0 Å². The fourth-order valence-corrected chi connectivity index (χ4v) is 2.84. The first-order valence-electron chi connectivity index (χ1n) is 11.4. The number of allylic oxidation sites excluding steroid dienone is 5. The number of benzene rings is 1. The Balaban J connectivity index is 0. The normalized spacial score (nSPS) is 11.9. The van der Waals surface area contributed by atoms with Gasteiger partial charge in [-0.1, -0.05) is 35.9 Å². The third-order valence-corrected chi connectivity index (χ3v) is 5.07. The van der Waals surface area contributed by atoms with Gasteiger partial charge in [0.2, 0.25) is 6.41 Å². The Bertz CT molecular complexity index is 788. The number of hydrogen-bond acceptors (Lipinski definition) is 6. The Hall–Kier alpha value is -2.90. The van der Waals surface area contributed by atoms with Crippen molar-refractivity contribution in [3.05, 3.63) is 70.5 Å². The van der Waals surface area contributed by atoms with Gasteiger partial charge in [-0.3, -0.25) is 9.59 Å². The molecule has 0 fully saturated rings. The molecule has 1 unspecified atom stereocenters. The quantitative estimate of drug-likeness (QED) is 0.184. The van der Waals surface area contributed by atoms with E-state index in [0.29, 0.717) is 36.7 Å². The van der Waals surface area contributed by atoms with Crippen LogP contribution < -0.4 is 5.32 Å². The average Bonchev–Trinajstić information content (AvgIpc) is 2.87. The SMILES string of the molecule is C/C=C/C.CNC=O.COCCN(C)/C=C\C(C)=C(/C=O)N(C)CC(CC=O)c1ccc(Cl)cc1. The van der Waals surface area contributed by atoms with Crippen LogP contribution in [0.15, 0.2) is 60.0 Å². The van der Waals surface area contributed by atoms with Crippen molar-refractivity contribution in [3.8, 4) is 0 Å². The van der Waals surface area contributed by atoms with Crippen LogP contribution in [0.25, 0.3) is 0 Å². The Morgan fingerprint density at radius 3 is 2.11 bits per heavy atom. The maximum absolute atomic E-state index is 11.7. The van der Waals surface area contributed by atoms with E-state index < -0.39 is 0 Å². The molecule has 0 aliphatic carbocycles. The maximum Gasteiger partial charge on any atom is 0.206 e. The van der Waals surface area contributed by atoms with E-state index in [0.717, 1.165) is 30.3 Å². The number of nitrogens with one attached hydrogen (secondary N) is 1. The molecule has 1 N–H and O–H groups in total. The van der Waals surface area contributed by atoms with Gasteiger partial charge >= 0.3 is 0 Å². The number of hydrogen-bond donors (Lipinski definition) is 1. The van der Waals surface area contributed by atoms with E-state index in [2.05, 4.69) is 5.32 Å². The average molecular weight is 508 g/mol. The highest BCUT2D eigenvalue weighted by Gasteiger charge is 2.16. The van der Waals surface area contributed by atoms with E-state index >= 15 is 0 Å². The van der Waals surface area contributed by atoms with Crippen molar-refractivity contribution < 1.29 is 19.1 Å². The van der Waals surface area contributed by atoms with Crippen LogP contribution in [-0.4, -0.2) is 76.7 Å². The Morgan fingerprint density at radius 2 is 1.69 bits per heavy atom. The van der Waals surface area contributed by atoms with Crippen molar-refractivity contribution >= 4 is 30.6 Å². The number of carbonyl (C=O) groups excluding carboxylic acids is 3. The van der Waals surface area contributed by atoms with Gasteiger partial charge in [0.15, 0.2) is 6.29 Å². The molecule has 1 aromatic carbocycles. The molecule has 0 aromatic heterocycles. The van der Waals surface area contributed by atoms with E-state index in [1.165, 1.54) is 0 Å². The molecule has 0 aliphatic heterocycles. The molecule has 196 valence electrons. The number of aldehydes is 2. The van der Waals surface area contributed by atoms with E-state index in [4.69, 9.17) is 21.1 Å². The lowest BCUT2D eigenvalue weighted by molar-refractivity contribution is -0.109. The van der Waals surface area contributed by atoms with Crippen molar-refractivity contribution in [2.24, 2.45) is 0 Å². The van der Waals surface area contributed by atoms with Crippen LogP contribution >= 0.6 is 11.6 Å². The Labute approximate surface area is 216 Å². The molecule has 7 nitrogen and oxygen atoms in total. The number of likely N-dealkylation sites (N-methyl/N-ethyl adjacent to an activating group) is 2. The van der Waals surface area contributed by atoms with Crippen LogP contribution in [0.2, 0.25) is 5.02 Å². The highest BCUT2D eigenvalue weighted by Crippen LogP contribution is 2.23. The van der Waals surface area contributed by atoms with Gasteiger partial charge in [0.1, 0.15) is 6.29 Å². The summed E-state index contributed by atoms with van der Waals surface area (Å²) in [4.78, 5) is 35.7. The number of methoxy groups -OCH3 is 1. The van der Waals surface area contributed by atoms with Crippen molar-refractivity contribution in [2.75, 3.05) is 47.9 Å². The monoisotopic (exact) mass is 507 g/mol. The molecule has 0 heterocycles. The van der Waals surface area contributed by atoms with E-state index in [1.54, 1.807) is 14.2 Å². The molecular formula is C27H42ClN3O4. The zero-order chi connectivity index (χ0) is 27.1. The fraction of sp³-hybridized carbons (Fsp3) is 0.444. The lowest BCUT2D eigenvalue weighted by Gasteiger charge is -2.26. The molecule has 1 rings (SSSR count). The maximum atomic E-state index is 11.7. The van der Waals surface area contributed by atoms with Crippen LogP contribution in [0.4, 0.5) is 0 Å². The highest BCUT2D eigenvalue weighted by molar-refractivity contribution is 6.30. The molecule has 0 radical (unpaired) electrons. The summed E-state index contributed by atoms with van der Waals surface area (Å²) < 4.78 is 5.05. The summed E-state index contributed by atoms with van der Waals surface area (Å²) in [6.45, 7) is 7.86. The van der Waals surface area contributed by atoms with Crippen LogP contribution in [0.1, 0.15) is 38.7 Å². The van der Waals surface area contributed by atoms with Gasteiger partial charge in [-0.25, -0.2) is 0 Å². The van der Waals surface area contributed by atoms with E-state index in [1.807, 2.05) is 93.4 Å². The predicted molar refractivity (Wildman–Crippen MR) is 146 cm³/mol. The third-order valence-electron chi connectivity index (χ3n) is 4.82. The van der Waals surface area contributed by atoms with Crippen LogP contribution in [0.5, 0.6) is 0 Å². The minimum atomic E-state index is -0.0131. The topological polar surface area (TPSA) is 79.0 Å². The van der Waals surface area contributed by atoms with Crippen molar-refractivity contribution in [2.45, 2.75) is 33.1 Å². The molecule has 0 bridgehead atoms. The fourth-order valence-electron chi connectivity index (χ4n) is 2.71. The molecule has 0 spiro atoms. The number of ether oxygens (including phenoxy) is 1. The van der Waals surface area contributed by atoms with Gasteiger partial charge in [0, 0.05) is 58.7 Å². The van der Waals surface area contributed by atoms with Crippen molar-refractivity contribution in [3.63, 3.8) is 0 Å². The summed E-state index contributed by atoms with van der Waals surface area (Å²) in [7, 11) is 7.04. The molecule has 1 atom stereocenters. The number of carbonyl (C=O) groups is 3. The molecule has 0 saturated heterocycles. The largest absolute Gasteiger partial charge is 0.383 e. The van der Waals surface area contributed by atoms with Crippen LogP contribution in [-0.2, 0) is 19.1 Å². The summed E-state index contributed by atoms with van der Waals surface area (Å²) in [6, 6.07) is 7.47. The number of amides is 1. The summed E-state index contributed by atoms with van der Waals surface area (Å²) in [6.07, 6.45) is 10.6. The first kappa shape index (κ1) is 34.3. The summed E-state index contributed by atoms with van der Waals surface area (Å²) in [5.74, 6) is -0.0131. The molecule has 1 aromatic rings. The molecule has 0 saturated carbocycles. The smallest absolute Gasteiger partial charge is 0.206 e. The lowest BCUT2D eigenvalue weighted by atomic mass is 9.95. The number of nitrogens with zero attached hydrogens (tertiary/aromatic N) is 2. The standard InChI is InChI=1S/C21H29ClN2O3.C4H8.C2H5NO/c1-17(9-11-23(2)12-14-27-4)21(16-26)24(3)15-19(10-13-25)18-5-7-20(22)8-6-18;1-3-4-2;1-3-2-4/h5-9,11,13,16,19H,10,12,14-15H2,1-4H3;3-4H,1-2H3;2H,1H3,(H,3,4)/b11-9-,21-17+;4-3+;. The third kappa shape index (κ3) is 17.2. The summed E-state index contributed by atoms with van der Waals surface area (Å²) in [5.41, 5.74) is 2.48.